The number of halogens is 1. The van der Waals surface area contributed by atoms with Crippen LogP contribution in [0.15, 0.2) is 72.8 Å². The lowest BCUT2D eigenvalue weighted by Crippen LogP contribution is -2.33. The lowest BCUT2D eigenvalue weighted by molar-refractivity contribution is -0.134. The number of carbonyl (C=O) groups is 1. The van der Waals surface area contributed by atoms with Crippen LogP contribution >= 0.6 is 23.7 Å². The molecule has 1 fully saturated rings. The first-order valence-corrected chi connectivity index (χ1v) is 14.0. The van der Waals surface area contributed by atoms with Gasteiger partial charge in [0, 0.05) is 23.1 Å². The molecule has 0 N–H and O–H groups in total. The van der Waals surface area contributed by atoms with E-state index in [0.29, 0.717) is 18.8 Å². The van der Waals surface area contributed by atoms with Crippen molar-refractivity contribution >= 4 is 39.8 Å². The molecule has 4 aromatic rings. The number of benzene rings is 3. The molecule has 0 amide bonds. The number of hydrogen-bond acceptors (Lipinski definition) is 6. The molecule has 7 heteroatoms. The fraction of sp³-hybridized carbons (Fsp3) is 0.323. The Morgan fingerprint density at radius 2 is 1.61 bits per heavy atom. The predicted octanol–water partition coefficient (Wildman–Crippen LogP) is 8.35. The minimum atomic E-state index is -0.212. The van der Waals surface area contributed by atoms with E-state index >= 15 is 0 Å². The summed E-state index contributed by atoms with van der Waals surface area (Å²) < 4.78 is 19.0. The molecule has 38 heavy (non-hydrogen) atoms. The average Bonchev–Trinajstić information content (AvgIpc) is 3.28. The van der Waals surface area contributed by atoms with Gasteiger partial charge in [-0.3, -0.25) is 9.69 Å². The number of esters is 1. The first-order valence-electron chi connectivity index (χ1n) is 13.2. The topological polar surface area (TPSA) is 48.0 Å². The Morgan fingerprint density at radius 1 is 0.895 bits per heavy atom. The normalized spacial score (nSPS) is 13.6. The SMILES string of the molecule is CCCC(=O)Oc1ccc2c(Oc3ccc(OCCN4CCCCC4)cc3)c(-c3ccccc3)sc2c1.Cl. The zero-order valence-corrected chi connectivity index (χ0v) is 23.3. The molecule has 0 aliphatic carbocycles. The largest absolute Gasteiger partial charge is 0.492 e. The van der Waals surface area contributed by atoms with Crippen LogP contribution in [0.25, 0.3) is 20.5 Å². The number of hydrogen-bond donors (Lipinski definition) is 0. The van der Waals surface area contributed by atoms with Gasteiger partial charge >= 0.3 is 5.97 Å². The summed E-state index contributed by atoms with van der Waals surface area (Å²) in [5.41, 5.74) is 1.08. The van der Waals surface area contributed by atoms with Crippen molar-refractivity contribution in [1.29, 1.82) is 0 Å². The molecule has 1 aromatic heterocycles. The summed E-state index contributed by atoms with van der Waals surface area (Å²) in [6.07, 6.45) is 5.10. The van der Waals surface area contributed by atoms with Crippen molar-refractivity contribution in [3.8, 4) is 33.4 Å². The van der Waals surface area contributed by atoms with Gasteiger partial charge in [-0.05, 0) is 80.4 Å². The smallest absolute Gasteiger partial charge is 0.311 e. The zero-order chi connectivity index (χ0) is 25.5. The molecule has 1 aliphatic heterocycles. The zero-order valence-electron chi connectivity index (χ0n) is 21.7. The molecule has 0 spiro atoms. The van der Waals surface area contributed by atoms with Crippen molar-refractivity contribution in [3.05, 3.63) is 72.8 Å². The third-order valence-electron chi connectivity index (χ3n) is 6.51. The third kappa shape index (κ3) is 7.07. The van der Waals surface area contributed by atoms with Crippen molar-refractivity contribution in [2.24, 2.45) is 0 Å². The van der Waals surface area contributed by atoms with Crippen LogP contribution in [0.3, 0.4) is 0 Å². The maximum atomic E-state index is 12.0. The highest BCUT2D eigenvalue weighted by Crippen LogP contribution is 2.47. The van der Waals surface area contributed by atoms with Crippen molar-refractivity contribution in [2.45, 2.75) is 39.0 Å². The van der Waals surface area contributed by atoms with E-state index in [4.69, 9.17) is 14.2 Å². The number of thiophene rings is 1. The molecular weight excluding hydrogens is 518 g/mol. The van der Waals surface area contributed by atoms with E-state index in [2.05, 4.69) is 17.0 Å². The van der Waals surface area contributed by atoms with E-state index in [0.717, 1.165) is 50.7 Å². The maximum absolute atomic E-state index is 12.0. The Morgan fingerprint density at radius 3 is 2.34 bits per heavy atom. The lowest BCUT2D eigenvalue weighted by Gasteiger charge is -2.26. The first kappa shape index (κ1) is 28.0. The van der Waals surface area contributed by atoms with E-state index in [-0.39, 0.29) is 18.4 Å². The summed E-state index contributed by atoms with van der Waals surface area (Å²) in [4.78, 5) is 15.5. The van der Waals surface area contributed by atoms with Gasteiger partial charge in [-0.25, -0.2) is 0 Å². The summed E-state index contributed by atoms with van der Waals surface area (Å²) in [7, 11) is 0. The van der Waals surface area contributed by atoms with Crippen LogP contribution < -0.4 is 14.2 Å². The van der Waals surface area contributed by atoms with Crippen molar-refractivity contribution in [3.63, 3.8) is 0 Å². The second-order valence-corrected chi connectivity index (χ2v) is 10.4. The van der Waals surface area contributed by atoms with E-state index in [1.165, 1.54) is 32.4 Å². The van der Waals surface area contributed by atoms with Gasteiger partial charge in [0.1, 0.15) is 23.9 Å². The van der Waals surface area contributed by atoms with Crippen LogP contribution in [0.1, 0.15) is 39.0 Å². The number of carbonyl (C=O) groups excluding carboxylic acids is 1. The molecule has 2 heterocycles. The number of piperidine rings is 1. The lowest BCUT2D eigenvalue weighted by atomic mass is 10.1. The summed E-state index contributed by atoms with van der Waals surface area (Å²) in [6, 6.07) is 23.8. The minimum absolute atomic E-state index is 0. The Hall–Kier alpha value is -3.06. The minimum Gasteiger partial charge on any atom is -0.492 e. The number of nitrogens with zero attached hydrogens (tertiary/aromatic N) is 1. The maximum Gasteiger partial charge on any atom is 0.311 e. The molecule has 0 radical (unpaired) electrons. The van der Waals surface area contributed by atoms with Crippen LogP contribution in [-0.2, 0) is 4.79 Å². The predicted molar refractivity (Wildman–Crippen MR) is 157 cm³/mol. The van der Waals surface area contributed by atoms with Crippen molar-refractivity contribution < 1.29 is 19.0 Å². The summed E-state index contributed by atoms with van der Waals surface area (Å²) in [6.45, 7) is 5.98. The summed E-state index contributed by atoms with van der Waals surface area (Å²) in [5, 5.41) is 0.987. The van der Waals surface area contributed by atoms with Crippen LogP contribution in [0.5, 0.6) is 23.0 Å². The van der Waals surface area contributed by atoms with E-state index in [1.807, 2.05) is 67.6 Å². The van der Waals surface area contributed by atoms with Gasteiger partial charge in [0.05, 0.1) is 4.88 Å². The molecule has 0 bridgehead atoms. The molecular formula is C31H34ClNO4S. The number of ether oxygens (including phenoxy) is 3. The Labute approximate surface area is 234 Å². The van der Waals surface area contributed by atoms with Gasteiger partial charge in [-0.2, -0.15) is 0 Å². The Balaban J connectivity index is 0.00000336. The third-order valence-corrected chi connectivity index (χ3v) is 7.69. The molecule has 0 saturated carbocycles. The number of likely N-dealkylation sites (tertiary alicyclic amines) is 1. The van der Waals surface area contributed by atoms with Crippen LogP contribution in [-0.4, -0.2) is 37.1 Å². The molecule has 0 unspecified atom stereocenters. The highest BCUT2D eigenvalue weighted by atomic mass is 35.5. The van der Waals surface area contributed by atoms with Crippen LogP contribution in [0, 0.1) is 0 Å². The standard InChI is InChI=1S/C31H33NO4S.ClH/c1-2-9-29(33)35-26-16-17-27-28(22-26)37-31(23-10-5-3-6-11-23)30(27)36-25-14-12-24(13-15-25)34-21-20-32-18-7-4-8-19-32;/h3,5-6,10-17,22H,2,4,7-9,18-21H2,1H3;1H. The Kier molecular flexibility index (Phi) is 10.0. The van der Waals surface area contributed by atoms with Gasteiger partial charge in [0.15, 0.2) is 5.75 Å². The first-order chi connectivity index (χ1) is 18.2. The highest BCUT2D eigenvalue weighted by Gasteiger charge is 2.18. The average molecular weight is 552 g/mol. The van der Waals surface area contributed by atoms with Gasteiger partial charge in [0.2, 0.25) is 0 Å². The van der Waals surface area contributed by atoms with Gasteiger partial charge in [0.25, 0.3) is 0 Å². The summed E-state index contributed by atoms with van der Waals surface area (Å²) in [5.74, 6) is 2.75. The van der Waals surface area contributed by atoms with Crippen LogP contribution in [0.2, 0.25) is 0 Å². The van der Waals surface area contributed by atoms with E-state index in [1.54, 1.807) is 11.3 Å². The number of fused-ring (bicyclic) bond motifs is 1. The molecule has 200 valence electrons. The second-order valence-electron chi connectivity index (χ2n) is 9.33. The fourth-order valence-electron chi connectivity index (χ4n) is 4.58. The van der Waals surface area contributed by atoms with Crippen LogP contribution in [0.4, 0.5) is 0 Å². The van der Waals surface area contributed by atoms with E-state index < -0.39 is 0 Å². The van der Waals surface area contributed by atoms with Gasteiger partial charge in [-0.1, -0.05) is 43.7 Å². The molecule has 3 aromatic carbocycles. The molecule has 1 aliphatic rings. The molecule has 5 nitrogen and oxygen atoms in total. The quantitative estimate of drug-likeness (QED) is 0.146. The fourth-order valence-corrected chi connectivity index (χ4v) is 5.75. The number of rotatable bonds is 10. The molecule has 0 atom stereocenters. The second kappa shape index (κ2) is 13.7. The van der Waals surface area contributed by atoms with Crippen molar-refractivity contribution in [1.82, 2.24) is 4.90 Å². The van der Waals surface area contributed by atoms with Crippen molar-refractivity contribution in [2.75, 3.05) is 26.2 Å². The highest BCUT2D eigenvalue weighted by molar-refractivity contribution is 7.22. The van der Waals surface area contributed by atoms with Gasteiger partial charge in [-0.15, -0.1) is 23.7 Å². The summed E-state index contributed by atoms with van der Waals surface area (Å²) >= 11 is 1.63. The van der Waals surface area contributed by atoms with E-state index in [9.17, 15) is 4.79 Å². The molecule has 5 rings (SSSR count). The Bertz CT molecular complexity index is 1320. The molecule has 1 saturated heterocycles. The van der Waals surface area contributed by atoms with Gasteiger partial charge < -0.3 is 14.2 Å². The monoisotopic (exact) mass is 551 g/mol.